The Kier molecular flexibility index (Phi) is 3.31. The lowest BCUT2D eigenvalue weighted by Gasteiger charge is -2.42. The van der Waals surface area contributed by atoms with Gasteiger partial charge in [-0.05, 0) is 19.9 Å². The van der Waals surface area contributed by atoms with E-state index in [0.29, 0.717) is 11.1 Å². The van der Waals surface area contributed by atoms with Crippen molar-refractivity contribution in [1.82, 2.24) is 20.2 Å². The number of halogens is 1. The zero-order valence-corrected chi connectivity index (χ0v) is 14.5. The maximum Gasteiger partial charge on any atom is 0.325 e. The molecule has 26 heavy (non-hydrogen) atoms. The molecular weight excluding hydrogens is 339 g/mol. The van der Waals surface area contributed by atoms with Crippen molar-refractivity contribution in [3.8, 4) is 16.9 Å². The van der Waals surface area contributed by atoms with Gasteiger partial charge in [-0.3, -0.25) is 9.69 Å². The van der Waals surface area contributed by atoms with E-state index >= 15 is 0 Å². The Morgan fingerprint density at radius 2 is 1.92 bits per heavy atom. The lowest BCUT2D eigenvalue weighted by molar-refractivity contribution is -0.133. The number of likely N-dealkylation sites (N-methyl/N-ethyl adjacent to an activating group) is 1. The van der Waals surface area contributed by atoms with E-state index in [1.807, 2.05) is 0 Å². The molecule has 0 bridgehead atoms. The smallest absolute Gasteiger partial charge is 0.325 e. The number of fused-ring (bicyclic) bond motifs is 2. The predicted octanol–water partition coefficient (Wildman–Crippen LogP) is 2.22. The molecule has 2 aliphatic rings. The third-order valence-electron chi connectivity index (χ3n) is 4.77. The van der Waals surface area contributed by atoms with Crippen LogP contribution >= 0.6 is 0 Å². The molecular formula is C18H17FN4O3. The number of nitrogens with zero attached hydrogens (tertiary/aromatic N) is 3. The molecule has 1 saturated heterocycles. The van der Waals surface area contributed by atoms with Crippen molar-refractivity contribution in [2.45, 2.75) is 31.4 Å². The molecule has 3 heterocycles. The molecule has 2 aromatic rings. The van der Waals surface area contributed by atoms with Crippen molar-refractivity contribution >= 4 is 11.9 Å². The summed E-state index contributed by atoms with van der Waals surface area (Å²) in [5.41, 5.74) is -0.910. The first-order chi connectivity index (χ1) is 12.2. The van der Waals surface area contributed by atoms with Crippen molar-refractivity contribution in [2.24, 2.45) is 0 Å². The summed E-state index contributed by atoms with van der Waals surface area (Å²) in [5, 5.41) is 2.78. The van der Waals surface area contributed by atoms with Gasteiger partial charge in [0.15, 0.2) is 5.54 Å². The average molecular weight is 356 g/mol. The van der Waals surface area contributed by atoms with Gasteiger partial charge < -0.3 is 10.1 Å². The molecule has 1 aromatic carbocycles. The molecule has 1 spiro atoms. The van der Waals surface area contributed by atoms with Gasteiger partial charge in [-0.2, -0.15) is 0 Å². The standard InChI is InChI=1S/C18H17FN4O3/c1-17(2)8-18(15(24)23(3)16(25)22-18)12-4-11(10-6-20-9-21-7-10)13(19)5-14(12)26-17/h4-7,9H,8H2,1-3H3,(H,22,25). The lowest BCUT2D eigenvalue weighted by atomic mass is 9.76. The Hall–Kier alpha value is -3.03. The Morgan fingerprint density at radius 1 is 1.23 bits per heavy atom. The zero-order valence-electron chi connectivity index (χ0n) is 14.5. The minimum Gasteiger partial charge on any atom is -0.487 e. The molecule has 0 radical (unpaired) electrons. The van der Waals surface area contributed by atoms with Gasteiger partial charge in [-0.25, -0.2) is 19.2 Å². The second-order valence-electron chi connectivity index (χ2n) is 7.19. The van der Waals surface area contributed by atoms with E-state index in [0.717, 1.165) is 4.90 Å². The summed E-state index contributed by atoms with van der Waals surface area (Å²) in [6.07, 6.45) is 4.56. The van der Waals surface area contributed by atoms with Gasteiger partial charge >= 0.3 is 6.03 Å². The number of nitrogens with one attached hydrogen (secondary N) is 1. The van der Waals surface area contributed by atoms with Crippen LogP contribution in [0, 0.1) is 5.82 Å². The molecule has 1 N–H and O–H groups in total. The van der Waals surface area contributed by atoms with E-state index in [1.54, 1.807) is 13.8 Å². The summed E-state index contributed by atoms with van der Waals surface area (Å²) in [6.45, 7) is 3.60. The molecule has 0 saturated carbocycles. The van der Waals surface area contributed by atoms with Crippen LogP contribution in [0.25, 0.3) is 11.1 Å². The first kappa shape index (κ1) is 16.4. The van der Waals surface area contributed by atoms with Gasteiger partial charge in [0.1, 0.15) is 23.5 Å². The summed E-state index contributed by atoms with van der Waals surface area (Å²) in [7, 11) is 1.42. The minimum atomic E-state index is -1.29. The Balaban J connectivity index is 1.96. The van der Waals surface area contributed by atoms with E-state index < -0.39 is 23.0 Å². The highest BCUT2D eigenvalue weighted by molar-refractivity contribution is 6.08. The highest BCUT2D eigenvalue weighted by atomic mass is 19.1. The fraction of sp³-hybridized carbons (Fsp3) is 0.333. The van der Waals surface area contributed by atoms with Crippen molar-refractivity contribution in [3.05, 3.63) is 42.2 Å². The molecule has 134 valence electrons. The molecule has 0 aliphatic carbocycles. The highest BCUT2D eigenvalue weighted by Crippen LogP contribution is 2.48. The second kappa shape index (κ2) is 5.23. The van der Waals surface area contributed by atoms with Crippen molar-refractivity contribution in [2.75, 3.05) is 7.05 Å². The number of imide groups is 1. The number of rotatable bonds is 1. The van der Waals surface area contributed by atoms with Crippen LogP contribution < -0.4 is 10.1 Å². The van der Waals surface area contributed by atoms with Gasteiger partial charge in [0, 0.05) is 48.6 Å². The van der Waals surface area contributed by atoms with E-state index in [-0.39, 0.29) is 23.6 Å². The summed E-state index contributed by atoms with van der Waals surface area (Å²) in [4.78, 5) is 34.0. The van der Waals surface area contributed by atoms with Crippen LogP contribution in [0.4, 0.5) is 9.18 Å². The Bertz CT molecular complexity index is 932. The summed E-state index contributed by atoms with van der Waals surface area (Å²) >= 11 is 0. The summed E-state index contributed by atoms with van der Waals surface area (Å²) in [5.74, 6) is -0.665. The van der Waals surface area contributed by atoms with Crippen molar-refractivity contribution in [1.29, 1.82) is 0 Å². The SMILES string of the molecule is CN1C(=O)NC2(CC(C)(C)Oc3cc(F)c(-c4cncnc4)cc32)C1=O. The lowest BCUT2D eigenvalue weighted by Crippen LogP contribution is -2.53. The van der Waals surface area contributed by atoms with Crippen molar-refractivity contribution < 1.29 is 18.7 Å². The first-order valence-electron chi connectivity index (χ1n) is 8.12. The molecule has 1 aromatic heterocycles. The Morgan fingerprint density at radius 3 is 2.54 bits per heavy atom. The maximum atomic E-state index is 14.7. The van der Waals surface area contributed by atoms with Crippen LogP contribution in [0.5, 0.6) is 5.75 Å². The number of hydrogen-bond donors (Lipinski definition) is 1. The van der Waals surface area contributed by atoms with Gasteiger partial charge in [0.25, 0.3) is 5.91 Å². The third-order valence-corrected chi connectivity index (χ3v) is 4.77. The number of amides is 3. The molecule has 2 aliphatic heterocycles. The molecule has 7 nitrogen and oxygen atoms in total. The summed E-state index contributed by atoms with van der Waals surface area (Å²) in [6, 6.07) is 2.29. The number of carbonyl (C=O) groups excluding carboxylic acids is 2. The number of carbonyl (C=O) groups is 2. The fourth-order valence-corrected chi connectivity index (χ4v) is 3.70. The average Bonchev–Trinajstić information content (AvgIpc) is 2.78. The third kappa shape index (κ3) is 2.25. The van der Waals surface area contributed by atoms with Gasteiger partial charge in [-0.1, -0.05) is 0 Å². The van der Waals surface area contributed by atoms with Crippen LogP contribution in [0.3, 0.4) is 0 Å². The van der Waals surface area contributed by atoms with Crippen LogP contribution in [-0.2, 0) is 10.3 Å². The monoisotopic (exact) mass is 356 g/mol. The molecule has 8 heteroatoms. The highest BCUT2D eigenvalue weighted by Gasteiger charge is 2.57. The first-order valence-corrected chi connectivity index (χ1v) is 8.12. The van der Waals surface area contributed by atoms with Crippen molar-refractivity contribution in [3.63, 3.8) is 0 Å². The van der Waals surface area contributed by atoms with E-state index in [1.165, 1.54) is 37.9 Å². The molecule has 1 unspecified atom stereocenters. The topological polar surface area (TPSA) is 84.4 Å². The fourth-order valence-electron chi connectivity index (χ4n) is 3.70. The maximum absolute atomic E-state index is 14.7. The minimum absolute atomic E-state index is 0.234. The zero-order chi connectivity index (χ0) is 18.7. The van der Waals surface area contributed by atoms with Gasteiger partial charge in [-0.15, -0.1) is 0 Å². The molecule has 1 atom stereocenters. The number of ether oxygens (including phenoxy) is 1. The van der Waals surface area contributed by atoms with Crippen LogP contribution in [0.1, 0.15) is 25.8 Å². The number of urea groups is 1. The van der Waals surface area contributed by atoms with E-state index in [9.17, 15) is 14.0 Å². The number of benzene rings is 1. The Labute approximate surface area is 149 Å². The van der Waals surface area contributed by atoms with E-state index in [4.69, 9.17) is 4.74 Å². The quantitative estimate of drug-likeness (QED) is 0.792. The van der Waals surface area contributed by atoms with Crippen LogP contribution in [-0.4, -0.2) is 39.5 Å². The number of hydrogen-bond acceptors (Lipinski definition) is 5. The van der Waals surface area contributed by atoms with Crippen LogP contribution in [0.2, 0.25) is 0 Å². The van der Waals surface area contributed by atoms with Crippen LogP contribution in [0.15, 0.2) is 30.9 Å². The van der Waals surface area contributed by atoms with Gasteiger partial charge in [0.05, 0.1) is 0 Å². The second-order valence-corrected chi connectivity index (χ2v) is 7.19. The molecule has 1 fully saturated rings. The normalized spacial score (nSPS) is 23.6. The predicted molar refractivity (Wildman–Crippen MR) is 89.7 cm³/mol. The molecule has 3 amide bonds. The van der Waals surface area contributed by atoms with Gasteiger partial charge in [0.2, 0.25) is 0 Å². The molecule has 4 rings (SSSR count). The number of aromatic nitrogens is 2. The largest absolute Gasteiger partial charge is 0.487 e. The summed E-state index contributed by atoms with van der Waals surface area (Å²) < 4.78 is 20.6. The van der Waals surface area contributed by atoms with E-state index in [2.05, 4.69) is 15.3 Å².